The lowest BCUT2D eigenvalue weighted by Crippen LogP contribution is -2.54. The Kier molecular flexibility index (Phi) is 4.95. The van der Waals surface area contributed by atoms with E-state index in [1.54, 1.807) is 0 Å². The zero-order chi connectivity index (χ0) is 14.5. The van der Waals surface area contributed by atoms with Crippen molar-refractivity contribution in [2.75, 3.05) is 24.5 Å². The Bertz CT molecular complexity index is 446. The van der Waals surface area contributed by atoms with Gasteiger partial charge in [-0.1, -0.05) is 13.0 Å². The third kappa shape index (κ3) is 3.28. The van der Waals surface area contributed by atoms with E-state index in [0.29, 0.717) is 12.6 Å². The largest absolute Gasteiger partial charge is 0.353 e. The molecule has 1 aliphatic rings. The molecular weight excluding hydrogens is 252 g/mol. The number of aromatic nitrogens is 1. The maximum atomic E-state index is 11.7. The van der Waals surface area contributed by atoms with Crippen LogP contribution in [-0.4, -0.2) is 36.6 Å². The summed E-state index contributed by atoms with van der Waals surface area (Å²) in [7, 11) is 0. The van der Waals surface area contributed by atoms with E-state index in [-0.39, 0.29) is 11.9 Å². The predicted molar refractivity (Wildman–Crippen MR) is 80.8 cm³/mol. The summed E-state index contributed by atoms with van der Waals surface area (Å²) in [4.78, 5) is 18.3. The molecular formula is C15H24N4O. The summed E-state index contributed by atoms with van der Waals surface area (Å²) >= 11 is 0. The van der Waals surface area contributed by atoms with E-state index in [2.05, 4.69) is 35.5 Å². The summed E-state index contributed by atoms with van der Waals surface area (Å²) in [5.41, 5.74) is 1.18. The molecule has 0 radical (unpaired) electrons. The highest BCUT2D eigenvalue weighted by Crippen LogP contribution is 2.19. The Morgan fingerprint density at radius 3 is 3.00 bits per heavy atom. The molecule has 1 aliphatic heterocycles. The molecule has 2 heterocycles. The molecule has 1 fully saturated rings. The first-order valence-electron chi connectivity index (χ1n) is 7.37. The number of rotatable bonds is 5. The van der Waals surface area contributed by atoms with Gasteiger partial charge in [-0.15, -0.1) is 0 Å². The zero-order valence-corrected chi connectivity index (χ0v) is 12.5. The molecule has 20 heavy (non-hydrogen) atoms. The van der Waals surface area contributed by atoms with Gasteiger partial charge in [-0.25, -0.2) is 4.98 Å². The second-order valence-corrected chi connectivity index (χ2v) is 5.29. The molecule has 0 bridgehead atoms. The number of piperazine rings is 1. The number of carbonyl (C=O) groups excluding carboxylic acids is 1. The lowest BCUT2D eigenvalue weighted by atomic mass is 10.1. The van der Waals surface area contributed by atoms with Crippen LogP contribution >= 0.6 is 0 Å². The fourth-order valence-electron chi connectivity index (χ4n) is 2.40. The fraction of sp³-hybridized carbons (Fsp3) is 0.600. The highest BCUT2D eigenvalue weighted by molar-refractivity contribution is 5.85. The standard InChI is InChI=1S/C15H24N4O/c1-4-7-16-11(2)13-5-6-14(18-10-13)19-9-8-17-15(20)12(19)3/h5-6,10-12,16H,4,7-9H2,1-3H3,(H,17,20). The molecule has 1 saturated heterocycles. The van der Waals surface area contributed by atoms with Crippen LogP contribution in [0, 0.1) is 0 Å². The monoisotopic (exact) mass is 276 g/mol. The van der Waals surface area contributed by atoms with Crippen LogP contribution < -0.4 is 15.5 Å². The van der Waals surface area contributed by atoms with E-state index in [1.807, 2.05) is 24.1 Å². The molecule has 0 spiro atoms. The number of hydrogen-bond donors (Lipinski definition) is 2. The van der Waals surface area contributed by atoms with Crippen LogP contribution in [0.4, 0.5) is 5.82 Å². The maximum Gasteiger partial charge on any atom is 0.242 e. The van der Waals surface area contributed by atoms with Crippen LogP contribution in [0.15, 0.2) is 18.3 Å². The minimum atomic E-state index is -0.155. The lowest BCUT2D eigenvalue weighted by Gasteiger charge is -2.33. The van der Waals surface area contributed by atoms with E-state index in [4.69, 9.17) is 0 Å². The number of carbonyl (C=O) groups is 1. The van der Waals surface area contributed by atoms with Crippen molar-refractivity contribution in [1.29, 1.82) is 0 Å². The summed E-state index contributed by atoms with van der Waals surface area (Å²) in [5, 5.41) is 6.31. The SMILES string of the molecule is CCCNC(C)c1ccc(N2CCNC(=O)C2C)nc1. The van der Waals surface area contributed by atoms with Gasteiger partial charge >= 0.3 is 0 Å². The average Bonchev–Trinajstić information content (AvgIpc) is 2.48. The van der Waals surface area contributed by atoms with Gasteiger partial charge in [0.2, 0.25) is 5.91 Å². The van der Waals surface area contributed by atoms with Gasteiger partial charge in [0.1, 0.15) is 11.9 Å². The van der Waals surface area contributed by atoms with E-state index >= 15 is 0 Å². The normalized spacial score (nSPS) is 20.6. The van der Waals surface area contributed by atoms with Gasteiger partial charge in [0.05, 0.1) is 0 Å². The molecule has 2 unspecified atom stereocenters. The minimum Gasteiger partial charge on any atom is -0.353 e. The Morgan fingerprint density at radius 2 is 2.35 bits per heavy atom. The third-order valence-corrected chi connectivity index (χ3v) is 3.76. The molecule has 1 aromatic rings. The predicted octanol–water partition coefficient (Wildman–Crippen LogP) is 1.47. The molecule has 0 saturated carbocycles. The average molecular weight is 276 g/mol. The first kappa shape index (κ1) is 14.8. The summed E-state index contributed by atoms with van der Waals surface area (Å²) in [6.07, 6.45) is 3.03. The molecule has 1 amide bonds. The van der Waals surface area contributed by atoms with Crippen LogP contribution in [0.1, 0.15) is 38.8 Å². The van der Waals surface area contributed by atoms with Crippen molar-refractivity contribution >= 4 is 11.7 Å². The van der Waals surface area contributed by atoms with Gasteiger partial charge in [-0.3, -0.25) is 4.79 Å². The Balaban J connectivity index is 2.05. The van der Waals surface area contributed by atoms with E-state index < -0.39 is 0 Å². The molecule has 2 atom stereocenters. The summed E-state index contributed by atoms with van der Waals surface area (Å²) in [6, 6.07) is 4.25. The van der Waals surface area contributed by atoms with Crippen molar-refractivity contribution in [3.8, 4) is 0 Å². The van der Waals surface area contributed by atoms with E-state index in [9.17, 15) is 4.79 Å². The number of pyridine rings is 1. The van der Waals surface area contributed by atoms with Gasteiger partial charge in [0.25, 0.3) is 0 Å². The Hall–Kier alpha value is -1.62. The maximum absolute atomic E-state index is 11.7. The van der Waals surface area contributed by atoms with Crippen molar-refractivity contribution in [2.45, 2.75) is 39.3 Å². The van der Waals surface area contributed by atoms with Crippen LogP contribution in [-0.2, 0) is 4.79 Å². The molecule has 1 aromatic heterocycles. The van der Waals surface area contributed by atoms with E-state index in [1.165, 1.54) is 5.56 Å². The van der Waals surface area contributed by atoms with Gasteiger partial charge in [0.15, 0.2) is 0 Å². The van der Waals surface area contributed by atoms with Crippen LogP contribution in [0.2, 0.25) is 0 Å². The third-order valence-electron chi connectivity index (χ3n) is 3.76. The van der Waals surface area contributed by atoms with Crippen LogP contribution in [0.5, 0.6) is 0 Å². The molecule has 110 valence electrons. The molecule has 2 N–H and O–H groups in total. The van der Waals surface area contributed by atoms with Gasteiger partial charge in [-0.2, -0.15) is 0 Å². The van der Waals surface area contributed by atoms with Gasteiger partial charge in [0, 0.05) is 25.3 Å². The molecule has 0 aliphatic carbocycles. The summed E-state index contributed by atoms with van der Waals surface area (Å²) in [6.45, 7) is 8.71. The zero-order valence-electron chi connectivity index (χ0n) is 12.5. The second kappa shape index (κ2) is 6.70. The fourth-order valence-corrected chi connectivity index (χ4v) is 2.40. The molecule has 0 aromatic carbocycles. The van der Waals surface area contributed by atoms with Crippen molar-refractivity contribution in [3.05, 3.63) is 23.9 Å². The van der Waals surface area contributed by atoms with Crippen molar-refractivity contribution in [2.24, 2.45) is 0 Å². The number of nitrogens with zero attached hydrogens (tertiary/aromatic N) is 2. The molecule has 5 nitrogen and oxygen atoms in total. The number of anilines is 1. The van der Waals surface area contributed by atoms with Gasteiger partial charge < -0.3 is 15.5 Å². The highest BCUT2D eigenvalue weighted by atomic mass is 16.2. The first-order chi connectivity index (χ1) is 9.63. The summed E-state index contributed by atoms with van der Waals surface area (Å²) in [5.74, 6) is 0.943. The number of amides is 1. The van der Waals surface area contributed by atoms with Crippen molar-refractivity contribution in [3.63, 3.8) is 0 Å². The van der Waals surface area contributed by atoms with Crippen LogP contribution in [0.25, 0.3) is 0 Å². The smallest absolute Gasteiger partial charge is 0.242 e. The number of nitrogens with one attached hydrogen (secondary N) is 2. The van der Waals surface area contributed by atoms with Crippen LogP contribution in [0.3, 0.4) is 0 Å². The molecule has 2 rings (SSSR count). The summed E-state index contributed by atoms with van der Waals surface area (Å²) < 4.78 is 0. The lowest BCUT2D eigenvalue weighted by molar-refractivity contribution is -0.122. The number of hydrogen-bond acceptors (Lipinski definition) is 4. The highest BCUT2D eigenvalue weighted by Gasteiger charge is 2.26. The first-order valence-corrected chi connectivity index (χ1v) is 7.37. The minimum absolute atomic E-state index is 0.0695. The second-order valence-electron chi connectivity index (χ2n) is 5.29. The molecule has 5 heteroatoms. The Morgan fingerprint density at radius 1 is 1.55 bits per heavy atom. The topological polar surface area (TPSA) is 57.3 Å². The van der Waals surface area contributed by atoms with E-state index in [0.717, 1.165) is 25.3 Å². The van der Waals surface area contributed by atoms with Crippen molar-refractivity contribution < 1.29 is 4.79 Å². The Labute approximate surface area is 120 Å². The van der Waals surface area contributed by atoms with Gasteiger partial charge in [-0.05, 0) is 38.4 Å². The van der Waals surface area contributed by atoms with Crippen molar-refractivity contribution in [1.82, 2.24) is 15.6 Å². The quantitative estimate of drug-likeness (QED) is 0.855.